The van der Waals surface area contributed by atoms with Gasteiger partial charge in [0.1, 0.15) is 0 Å². The van der Waals surface area contributed by atoms with Crippen LogP contribution in [0.2, 0.25) is 0 Å². The molecular formula is C11H18N4O2S. The van der Waals surface area contributed by atoms with Crippen molar-refractivity contribution in [1.82, 2.24) is 10.4 Å². The molecule has 1 aliphatic rings. The normalized spacial score (nSPS) is 23.9. The zero-order chi connectivity index (χ0) is 13.2. The predicted octanol–water partition coefficient (Wildman–Crippen LogP) is -0.527. The van der Waals surface area contributed by atoms with Gasteiger partial charge in [0.15, 0.2) is 9.84 Å². The third-order valence-corrected chi connectivity index (χ3v) is 5.23. The largest absolute Gasteiger partial charge is 0.398 e. The standard InChI is InChI=1S/C11H18N4O2S/c12-10-1-3-14-6-9(10)5-11(15-13)8-2-4-18(16,17)7-8/h1,3,6,8,11,15H,2,4-5,7,13H2,(H2,12,14). The second kappa shape index (κ2) is 5.21. The molecule has 2 rings (SSSR count). The molecule has 1 saturated heterocycles. The van der Waals surface area contributed by atoms with Gasteiger partial charge in [-0.1, -0.05) is 0 Å². The lowest BCUT2D eigenvalue weighted by atomic mass is 9.93. The number of nitrogen functional groups attached to an aromatic ring is 1. The molecule has 2 heterocycles. The lowest BCUT2D eigenvalue weighted by Gasteiger charge is -2.22. The fourth-order valence-corrected chi connectivity index (χ4v) is 4.23. The molecule has 100 valence electrons. The average molecular weight is 270 g/mol. The van der Waals surface area contributed by atoms with Gasteiger partial charge in [-0.3, -0.25) is 16.3 Å². The van der Waals surface area contributed by atoms with Crippen LogP contribution in [0.1, 0.15) is 12.0 Å². The van der Waals surface area contributed by atoms with Crippen LogP contribution in [-0.2, 0) is 16.3 Å². The van der Waals surface area contributed by atoms with Crippen molar-refractivity contribution in [2.45, 2.75) is 18.9 Å². The first-order valence-corrected chi connectivity index (χ1v) is 7.69. The van der Waals surface area contributed by atoms with Crippen LogP contribution in [0.3, 0.4) is 0 Å². The second-order valence-electron chi connectivity index (χ2n) is 4.71. The highest BCUT2D eigenvalue weighted by atomic mass is 32.2. The molecule has 1 aliphatic heterocycles. The van der Waals surface area contributed by atoms with E-state index in [9.17, 15) is 8.42 Å². The summed E-state index contributed by atoms with van der Waals surface area (Å²) in [5.41, 5.74) is 10.1. The second-order valence-corrected chi connectivity index (χ2v) is 6.94. The molecule has 0 bridgehead atoms. The lowest BCUT2D eigenvalue weighted by Crippen LogP contribution is -2.43. The molecule has 2 atom stereocenters. The number of anilines is 1. The maximum absolute atomic E-state index is 11.5. The van der Waals surface area contributed by atoms with Gasteiger partial charge in [-0.25, -0.2) is 8.42 Å². The van der Waals surface area contributed by atoms with Crippen LogP contribution in [0.25, 0.3) is 0 Å². The van der Waals surface area contributed by atoms with Gasteiger partial charge in [0, 0.05) is 24.1 Å². The van der Waals surface area contributed by atoms with E-state index in [1.54, 1.807) is 18.5 Å². The Labute approximate surface area is 107 Å². The Morgan fingerprint density at radius 1 is 1.56 bits per heavy atom. The first-order chi connectivity index (χ1) is 8.52. The SMILES string of the molecule is NNC(Cc1cnccc1N)C1CCS(=O)(=O)C1. The van der Waals surface area contributed by atoms with Gasteiger partial charge in [-0.05, 0) is 30.4 Å². The molecule has 6 nitrogen and oxygen atoms in total. The highest BCUT2D eigenvalue weighted by Crippen LogP contribution is 2.24. The third-order valence-electron chi connectivity index (χ3n) is 3.43. The van der Waals surface area contributed by atoms with Crippen molar-refractivity contribution in [3.05, 3.63) is 24.0 Å². The Bertz CT molecular complexity index is 518. The highest BCUT2D eigenvalue weighted by Gasteiger charge is 2.33. The van der Waals surface area contributed by atoms with Gasteiger partial charge in [0.05, 0.1) is 11.5 Å². The van der Waals surface area contributed by atoms with Gasteiger partial charge in [0.25, 0.3) is 0 Å². The quantitative estimate of drug-likeness (QED) is 0.501. The van der Waals surface area contributed by atoms with Crippen molar-refractivity contribution in [2.75, 3.05) is 17.2 Å². The van der Waals surface area contributed by atoms with Crippen molar-refractivity contribution >= 4 is 15.5 Å². The summed E-state index contributed by atoms with van der Waals surface area (Å²) in [6.45, 7) is 0. The minimum atomic E-state index is -2.90. The molecule has 7 heteroatoms. The summed E-state index contributed by atoms with van der Waals surface area (Å²) in [5.74, 6) is 6.02. The molecule has 1 fully saturated rings. The predicted molar refractivity (Wildman–Crippen MR) is 70.2 cm³/mol. The topological polar surface area (TPSA) is 111 Å². The van der Waals surface area contributed by atoms with E-state index in [4.69, 9.17) is 11.6 Å². The number of pyridine rings is 1. The van der Waals surface area contributed by atoms with Crippen molar-refractivity contribution in [2.24, 2.45) is 11.8 Å². The number of aromatic nitrogens is 1. The average Bonchev–Trinajstić information content (AvgIpc) is 2.68. The molecule has 0 radical (unpaired) electrons. The molecule has 0 aromatic carbocycles. The maximum Gasteiger partial charge on any atom is 0.150 e. The Kier molecular flexibility index (Phi) is 3.84. The van der Waals surface area contributed by atoms with Crippen LogP contribution >= 0.6 is 0 Å². The number of hydrazine groups is 1. The zero-order valence-electron chi connectivity index (χ0n) is 10.0. The Morgan fingerprint density at radius 3 is 2.89 bits per heavy atom. The Balaban J connectivity index is 2.09. The van der Waals surface area contributed by atoms with E-state index in [0.29, 0.717) is 18.5 Å². The number of nitrogens with two attached hydrogens (primary N) is 2. The van der Waals surface area contributed by atoms with Crippen molar-refractivity contribution in [3.8, 4) is 0 Å². The van der Waals surface area contributed by atoms with Crippen LogP contribution in [-0.4, -0.2) is 30.9 Å². The molecule has 18 heavy (non-hydrogen) atoms. The molecule has 0 aliphatic carbocycles. The van der Waals surface area contributed by atoms with Crippen molar-refractivity contribution in [1.29, 1.82) is 0 Å². The van der Waals surface area contributed by atoms with Crippen LogP contribution in [0.15, 0.2) is 18.5 Å². The van der Waals surface area contributed by atoms with Crippen LogP contribution < -0.4 is 17.0 Å². The number of rotatable bonds is 4. The van der Waals surface area contributed by atoms with Crippen LogP contribution in [0.4, 0.5) is 5.69 Å². The van der Waals surface area contributed by atoms with E-state index in [0.717, 1.165) is 5.56 Å². The number of hydrogen-bond acceptors (Lipinski definition) is 6. The minimum absolute atomic E-state index is 0.0413. The molecule has 0 amide bonds. The van der Waals surface area contributed by atoms with Gasteiger partial charge in [-0.2, -0.15) is 0 Å². The summed E-state index contributed by atoms with van der Waals surface area (Å²) in [4.78, 5) is 4.02. The monoisotopic (exact) mass is 270 g/mol. The Morgan fingerprint density at radius 2 is 2.33 bits per heavy atom. The lowest BCUT2D eigenvalue weighted by molar-refractivity contribution is 0.385. The highest BCUT2D eigenvalue weighted by molar-refractivity contribution is 7.91. The fraction of sp³-hybridized carbons (Fsp3) is 0.545. The molecule has 0 saturated carbocycles. The van der Waals surface area contributed by atoms with Crippen molar-refractivity contribution in [3.63, 3.8) is 0 Å². The summed E-state index contributed by atoms with van der Waals surface area (Å²) in [6, 6.07) is 1.64. The van der Waals surface area contributed by atoms with Gasteiger partial charge in [0.2, 0.25) is 0 Å². The maximum atomic E-state index is 11.5. The van der Waals surface area contributed by atoms with E-state index < -0.39 is 9.84 Å². The number of sulfone groups is 1. The molecule has 1 aromatic heterocycles. The van der Waals surface area contributed by atoms with Crippen LogP contribution in [0, 0.1) is 5.92 Å². The van der Waals surface area contributed by atoms with E-state index in [2.05, 4.69) is 10.4 Å². The fourth-order valence-electron chi connectivity index (χ4n) is 2.35. The molecule has 0 spiro atoms. The van der Waals surface area contributed by atoms with Gasteiger partial charge in [-0.15, -0.1) is 0 Å². The summed E-state index contributed by atoms with van der Waals surface area (Å²) in [5, 5.41) is 0. The minimum Gasteiger partial charge on any atom is -0.398 e. The molecule has 1 aromatic rings. The molecule has 2 unspecified atom stereocenters. The third kappa shape index (κ3) is 2.98. The molecule has 5 N–H and O–H groups in total. The number of nitrogens with one attached hydrogen (secondary N) is 1. The smallest absolute Gasteiger partial charge is 0.150 e. The van der Waals surface area contributed by atoms with Crippen molar-refractivity contribution < 1.29 is 8.42 Å². The Hall–Kier alpha value is -1.18. The first kappa shape index (κ1) is 13.3. The molecular weight excluding hydrogens is 252 g/mol. The van der Waals surface area contributed by atoms with E-state index >= 15 is 0 Å². The zero-order valence-corrected chi connectivity index (χ0v) is 10.9. The summed E-state index contributed by atoms with van der Waals surface area (Å²) in [6.07, 6.45) is 4.57. The van der Waals surface area contributed by atoms with Crippen LogP contribution in [0.5, 0.6) is 0 Å². The van der Waals surface area contributed by atoms with E-state index in [1.807, 2.05) is 0 Å². The van der Waals surface area contributed by atoms with Gasteiger partial charge >= 0.3 is 0 Å². The summed E-state index contributed by atoms with van der Waals surface area (Å²) in [7, 11) is -2.90. The van der Waals surface area contributed by atoms with Gasteiger partial charge < -0.3 is 5.73 Å². The summed E-state index contributed by atoms with van der Waals surface area (Å²) >= 11 is 0. The van der Waals surface area contributed by atoms with E-state index in [1.165, 1.54) is 0 Å². The summed E-state index contributed by atoms with van der Waals surface area (Å²) < 4.78 is 23.0. The number of nitrogens with zero attached hydrogens (tertiary/aromatic N) is 1. The number of hydrogen-bond donors (Lipinski definition) is 3. The van der Waals surface area contributed by atoms with E-state index in [-0.39, 0.29) is 23.5 Å². The first-order valence-electron chi connectivity index (χ1n) is 5.87.